The zero-order valence-corrected chi connectivity index (χ0v) is 17.5. The smallest absolute Gasteiger partial charge is 0.355 e. The maximum atomic E-state index is 12.6. The standard InChI is InChI=1S/C22H25N3O5/c1-14(2)30-21(27)19-15(3)20(24-16(19)4)22(28)29-13-18(26)25(12-8-11-23)17-9-6-5-7-10-17/h5-7,9-10,14,24H,8,12-13H2,1-4H3. The van der Waals surface area contributed by atoms with Crippen molar-refractivity contribution in [1.82, 2.24) is 4.98 Å². The summed E-state index contributed by atoms with van der Waals surface area (Å²) in [6.45, 7) is 6.43. The molecule has 0 atom stereocenters. The normalized spacial score (nSPS) is 10.4. The van der Waals surface area contributed by atoms with E-state index in [4.69, 9.17) is 14.7 Å². The minimum absolute atomic E-state index is 0.0966. The number of hydrogen-bond acceptors (Lipinski definition) is 6. The summed E-state index contributed by atoms with van der Waals surface area (Å²) in [7, 11) is 0. The number of carbonyl (C=O) groups excluding carboxylic acids is 3. The van der Waals surface area contributed by atoms with Crippen LogP contribution in [0.3, 0.4) is 0 Å². The zero-order chi connectivity index (χ0) is 22.3. The molecule has 1 aromatic heterocycles. The van der Waals surface area contributed by atoms with E-state index in [1.165, 1.54) is 4.90 Å². The van der Waals surface area contributed by atoms with Gasteiger partial charge in [0.15, 0.2) is 6.61 Å². The van der Waals surface area contributed by atoms with Crippen molar-refractivity contribution < 1.29 is 23.9 Å². The lowest BCUT2D eigenvalue weighted by molar-refractivity contribution is -0.121. The first kappa shape index (κ1) is 22.7. The van der Waals surface area contributed by atoms with E-state index in [0.29, 0.717) is 16.9 Å². The molecule has 1 N–H and O–H groups in total. The summed E-state index contributed by atoms with van der Waals surface area (Å²) < 4.78 is 10.4. The molecule has 0 unspecified atom stereocenters. The quantitative estimate of drug-likeness (QED) is 0.667. The van der Waals surface area contributed by atoms with Crippen molar-refractivity contribution in [3.8, 4) is 6.07 Å². The number of nitriles is 1. The summed E-state index contributed by atoms with van der Waals surface area (Å²) in [5.74, 6) is -1.73. The number of benzene rings is 1. The van der Waals surface area contributed by atoms with E-state index in [1.54, 1.807) is 52.0 Å². The molecule has 0 radical (unpaired) electrons. The van der Waals surface area contributed by atoms with Gasteiger partial charge >= 0.3 is 11.9 Å². The van der Waals surface area contributed by atoms with Crippen molar-refractivity contribution in [2.24, 2.45) is 0 Å². The minimum atomic E-state index is -0.749. The molecule has 1 amide bonds. The van der Waals surface area contributed by atoms with Crippen LogP contribution in [-0.4, -0.2) is 42.1 Å². The van der Waals surface area contributed by atoms with Gasteiger partial charge < -0.3 is 19.4 Å². The summed E-state index contributed by atoms with van der Waals surface area (Å²) in [4.78, 5) is 41.7. The number of amides is 1. The van der Waals surface area contributed by atoms with E-state index in [1.807, 2.05) is 12.1 Å². The number of aryl methyl sites for hydroxylation is 1. The summed E-state index contributed by atoms with van der Waals surface area (Å²) in [6, 6.07) is 10.8. The predicted octanol–water partition coefficient (Wildman–Crippen LogP) is 3.30. The minimum Gasteiger partial charge on any atom is -0.459 e. The van der Waals surface area contributed by atoms with E-state index in [2.05, 4.69) is 4.98 Å². The van der Waals surface area contributed by atoms with Crippen LogP contribution in [0.4, 0.5) is 5.69 Å². The van der Waals surface area contributed by atoms with Gasteiger partial charge in [0.2, 0.25) is 0 Å². The van der Waals surface area contributed by atoms with Crippen molar-refractivity contribution in [2.45, 2.75) is 40.2 Å². The summed E-state index contributed by atoms with van der Waals surface area (Å²) in [6.07, 6.45) is -0.151. The van der Waals surface area contributed by atoms with Crippen molar-refractivity contribution in [3.63, 3.8) is 0 Å². The fourth-order valence-corrected chi connectivity index (χ4v) is 2.98. The Morgan fingerprint density at radius 1 is 1.13 bits per heavy atom. The average Bonchev–Trinajstić information content (AvgIpc) is 3.01. The van der Waals surface area contributed by atoms with Crippen LogP contribution in [-0.2, 0) is 14.3 Å². The number of hydrogen-bond donors (Lipinski definition) is 1. The van der Waals surface area contributed by atoms with Gasteiger partial charge in [-0.05, 0) is 45.4 Å². The number of carbonyl (C=O) groups is 3. The van der Waals surface area contributed by atoms with Crippen LogP contribution in [0.1, 0.15) is 52.4 Å². The fourth-order valence-electron chi connectivity index (χ4n) is 2.98. The number of rotatable bonds is 8. The molecule has 0 bridgehead atoms. The first-order chi connectivity index (χ1) is 14.3. The highest BCUT2D eigenvalue weighted by molar-refractivity contribution is 6.00. The van der Waals surface area contributed by atoms with Crippen LogP contribution in [0.5, 0.6) is 0 Å². The Morgan fingerprint density at radius 3 is 2.40 bits per heavy atom. The zero-order valence-electron chi connectivity index (χ0n) is 17.5. The molecule has 0 aliphatic carbocycles. The second-order valence-electron chi connectivity index (χ2n) is 6.94. The van der Waals surface area contributed by atoms with Crippen LogP contribution in [0.25, 0.3) is 0 Å². The molecule has 2 rings (SSSR count). The van der Waals surface area contributed by atoms with E-state index in [-0.39, 0.29) is 30.3 Å². The van der Waals surface area contributed by atoms with Gasteiger partial charge in [-0.25, -0.2) is 9.59 Å². The molecule has 0 saturated carbocycles. The molecule has 2 aromatic rings. The van der Waals surface area contributed by atoms with Crippen LogP contribution in [0, 0.1) is 25.2 Å². The Hall–Kier alpha value is -3.60. The fraction of sp³-hybridized carbons (Fsp3) is 0.364. The lowest BCUT2D eigenvalue weighted by atomic mass is 10.1. The summed E-state index contributed by atoms with van der Waals surface area (Å²) in [5.41, 5.74) is 1.87. The van der Waals surface area contributed by atoms with Gasteiger partial charge in [-0.1, -0.05) is 18.2 Å². The Morgan fingerprint density at radius 2 is 1.80 bits per heavy atom. The summed E-state index contributed by atoms with van der Waals surface area (Å²) in [5, 5.41) is 8.85. The number of esters is 2. The monoisotopic (exact) mass is 411 g/mol. The van der Waals surface area contributed by atoms with Crippen LogP contribution in [0.15, 0.2) is 30.3 Å². The molecule has 0 fully saturated rings. The second kappa shape index (κ2) is 10.3. The Kier molecular flexibility index (Phi) is 7.76. The molecule has 1 heterocycles. The molecule has 0 spiro atoms. The molecule has 0 aliphatic rings. The van der Waals surface area contributed by atoms with Crippen LogP contribution < -0.4 is 4.90 Å². The van der Waals surface area contributed by atoms with E-state index in [9.17, 15) is 14.4 Å². The lowest BCUT2D eigenvalue weighted by Crippen LogP contribution is -2.35. The molecular weight excluding hydrogens is 386 g/mol. The third-order valence-electron chi connectivity index (χ3n) is 4.33. The molecule has 0 saturated heterocycles. The molecule has 8 nitrogen and oxygen atoms in total. The first-order valence-electron chi connectivity index (χ1n) is 9.55. The number of aromatic amines is 1. The highest BCUT2D eigenvalue weighted by Crippen LogP contribution is 2.21. The van der Waals surface area contributed by atoms with Gasteiger partial charge in [-0.15, -0.1) is 0 Å². The third-order valence-corrected chi connectivity index (χ3v) is 4.33. The maximum absolute atomic E-state index is 12.6. The average molecular weight is 411 g/mol. The molecule has 158 valence electrons. The largest absolute Gasteiger partial charge is 0.459 e. The van der Waals surface area contributed by atoms with Crippen molar-refractivity contribution in [1.29, 1.82) is 5.26 Å². The number of ether oxygens (including phenoxy) is 2. The van der Waals surface area contributed by atoms with Crippen LogP contribution in [0.2, 0.25) is 0 Å². The molecule has 8 heteroatoms. The highest BCUT2D eigenvalue weighted by Gasteiger charge is 2.25. The SMILES string of the molecule is Cc1[nH]c(C(=O)OCC(=O)N(CCC#N)c2ccccc2)c(C)c1C(=O)OC(C)C. The third kappa shape index (κ3) is 5.47. The van der Waals surface area contributed by atoms with E-state index >= 15 is 0 Å². The van der Waals surface area contributed by atoms with Crippen molar-refractivity contribution >= 4 is 23.5 Å². The molecular formula is C22H25N3O5. The van der Waals surface area contributed by atoms with Gasteiger partial charge in [0.1, 0.15) is 5.69 Å². The number of H-pyrrole nitrogens is 1. The van der Waals surface area contributed by atoms with Gasteiger partial charge in [0.05, 0.1) is 24.2 Å². The van der Waals surface area contributed by atoms with Gasteiger partial charge in [0.25, 0.3) is 5.91 Å². The summed E-state index contributed by atoms with van der Waals surface area (Å²) >= 11 is 0. The number of anilines is 1. The highest BCUT2D eigenvalue weighted by atomic mass is 16.5. The van der Waals surface area contributed by atoms with Crippen LogP contribution >= 0.6 is 0 Å². The molecule has 0 aliphatic heterocycles. The predicted molar refractivity (Wildman–Crippen MR) is 110 cm³/mol. The van der Waals surface area contributed by atoms with Gasteiger partial charge in [-0.3, -0.25) is 4.79 Å². The molecule has 30 heavy (non-hydrogen) atoms. The van der Waals surface area contributed by atoms with E-state index in [0.717, 1.165) is 0 Å². The number of nitrogens with zero attached hydrogens (tertiary/aromatic N) is 2. The number of nitrogens with one attached hydrogen (secondary N) is 1. The Balaban J connectivity index is 2.11. The van der Waals surface area contributed by atoms with Gasteiger partial charge in [0, 0.05) is 17.9 Å². The second-order valence-corrected chi connectivity index (χ2v) is 6.94. The van der Waals surface area contributed by atoms with Crippen molar-refractivity contribution in [3.05, 3.63) is 52.8 Å². The Bertz CT molecular complexity index is 957. The van der Waals surface area contributed by atoms with E-state index < -0.39 is 24.5 Å². The maximum Gasteiger partial charge on any atom is 0.355 e. The lowest BCUT2D eigenvalue weighted by Gasteiger charge is -2.21. The van der Waals surface area contributed by atoms with Gasteiger partial charge in [-0.2, -0.15) is 5.26 Å². The topological polar surface area (TPSA) is 112 Å². The number of para-hydroxylation sites is 1. The number of aromatic nitrogens is 1. The van der Waals surface area contributed by atoms with Crippen molar-refractivity contribution in [2.75, 3.05) is 18.1 Å². The first-order valence-corrected chi connectivity index (χ1v) is 9.55. The molecule has 1 aromatic carbocycles. The Labute approximate surface area is 175 Å².